The first-order chi connectivity index (χ1) is 11.5. The van der Waals surface area contributed by atoms with Crippen molar-refractivity contribution in [3.8, 4) is 0 Å². The van der Waals surface area contributed by atoms with Crippen molar-refractivity contribution in [1.82, 2.24) is 9.55 Å². The Labute approximate surface area is 150 Å². The molecule has 4 nitrogen and oxygen atoms in total. The number of halogens is 2. The lowest BCUT2D eigenvalue weighted by Gasteiger charge is -2.16. The number of fused-ring (bicyclic) bond motifs is 1. The van der Waals surface area contributed by atoms with E-state index in [0.717, 1.165) is 5.57 Å². The predicted molar refractivity (Wildman–Crippen MR) is 102 cm³/mol. The molecule has 24 heavy (non-hydrogen) atoms. The Morgan fingerprint density at radius 3 is 2.88 bits per heavy atom. The Morgan fingerprint density at radius 1 is 1.46 bits per heavy atom. The topological polar surface area (TPSA) is 60.9 Å². The van der Waals surface area contributed by atoms with Crippen LogP contribution in [0.25, 0.3) is 10.9 Å². The summed E-state index contributed by atoms with van der Waals surface area (Å²) >= 11 is 11.7. The van der Waals surface area contributed by atoms with Gasteiger partial charge >= 0.3 is 0 Å². The van der Waals surface area contributed by atoms with Gasteiger partial charge in [0.25, 0.3) is 5.56 Å². The monoisotopic (exact) mass is 363 g/mol. The number of alkyl halides is 1. The summed E-state index contributed by atoms with van der Waals surface area (Å²) in [5.41, 5.74) is 7.07. The Morgan fingerprint density at radius 2 is 2.21 bits per heavy atom. The summed E-state index contributed by atoms with van der Waals surface area (Å²) in [6.07, 6.45) is 7.27. The number of aromatic nitrogens is 2. The van der Waals surface area contributed by atoms with E-state index in [1.54, 1.807) is 25.1 Å². The SMILES string of the molecule is C=C(/C=C\C=C/CCl)Cn1c([C@H](C)N)nc2cccc(Cl)c2c1=O. The van der Waals surface area contributed by atoms with Gasteiger partial charge in [-0.15, -0.1) is 11.6 Å². The molecule has 1 atom stereocenters. The van der Waals surface area contributed by atoms with Crippen LogP contribution in [-0.2, 0) is 6.54 Å². The summed E-state index contributed by atoms with van der Waals surface area (Å²) in [5.74, 6) is 0.943. The fraction of sp³-hybridized carbons (Fsp3) is 0.222. The summed E-state index contributed by atoms with van der Waals surface area (Å²) in [7, 11) is 0. The highest BCUT2D eigenvalue weighted by molar-refractivity contribution is 6.35. The first kappa shape index (κ1) is 18.5. The molecule has 1 aromatic heterocycles. The molecule has 0 unspecified atom stereocenters. The Kier molecular flexibility index (Phi) is 6.37. The van der Waals surface area contributed by atoms with Gasteiger partial charge in [-0.3, -0.25) is 9.36 Å². The largest absolute Gasteiger partial charge is 0.322 e. The Hall–Kier alpha value is -1.88. The molecule has 0 spiro atoms. The zero-order valence-corrected chi connectivity index (χ0v) is 14.9. The molecule has 0 fully saturated rings. The highest BCUT2D eigenvalue weighted by atomic mass is 35.5. The van der Waals surface area contributed by atoms with Crippen LogP contribution in [0.2, 0.25) is 5.02 Å². The van der Waals surface area contributed by atoms with E-state index < -0.39 is 6.04 Å². The van der Waals surface area contributed by atoms with Crippen LogP contribution in [0.4, 0.5) is 0 Å². The van der Waals surface area contributed by atoms with Gasteiger partial charge in [0.15, 0.2) is 0 Å². The van der Waals surface area contributed by atoms with Crippen LogP contribution in [0.3, 0.4) is 0 Å². The molecule has 0 saturated heterocycles. The minimum absolute atomic E-state index is 0.219. The Bertz CT molecular complexity index is 866. The van der Waals surface area contributed by atoms with E-state index in [1.807, 2.05) is 24.3 Å². The summed E-state index contributed by atoms with van der Waals surface area (Å²) < 4.78 is 1.52. The fourth-order valence-corrected chi connectivity index (χ4v) is 2.67. The van der Waals surface area contributed by atoms with Gasteiger partial charge in [-0.25, -0.2) is 4.98 Å². The fourth-order valence-electron chi connectivity index (χ4n) is 2.32. The van der Waals surface area contributed by atoms with Gasteiger partial charge in [0.2, 0.25) is 0 Å². The molecule has 2 rings (SSSR count). The molecule has 0 radical (unpaired) electrons. The maximum Gasteiger partial charge on any atom is 0.263 e. The first-order valence-electron chi connectivity index (χ1n) is 7.47. The van der Waals surface area contributed by atoms with Gasteiger partial charge in [-0.1, -0.05) is 48.6 Å². The van der Waals surface area contributed by atoms with Crippen LogP contribution in [0.5, 0.6) is 0 Å². The third-order valence-corrected chi connectivity index (χ3v) is 3.89. The maximum atomic E-state index is 12.9. The van der Waals surface area contributed by atoms with Crippen LogP contribution in [-0.4, -0.2) is 15.4 Å². The second kappa shape index (κ2) is 8.29. The van der Waals surface area contributed by atoms with E-state index >= 15 is 0 Å². The minimum atomic E-state index is -0.394. The molecule has 0 amide bonds. The quantitative estimate of drug-likeness (QED) is 0.623. The highest BCUT2D eigenvalue weighted by Crippen LogP contribution is 2.20. The molecule has 0 saturated carbocycles. The van der Waals surface area contributed by atoms with Gasteiger partial charge in [0.05, 0.1) is 28.5 Å². The van der Waals surface area contributed by atoms with E-state index in [1.165, 1.54) is 4.57 Å². The third-order valence-electron chi connectivity index (χ3n) is 3.40. The van der Waals surface area contributed by atoms with Crippen LogP contribution >= 0.6 is 23.2 Å². The van der Waals surface area contributed by atoms with Gasteiger partial charge in [0.1, 0.15) is 5.82 Å². The maximum absolute atomic E-state index is 12.9. The number of rotatable bonds is 6. The predicted octanol–water partition coefficient (Wildman–Crippen LogP) is 3.98. The van der Waals surface area contributed by atoms with Gasteiger partial charge in [0, 0.05) is 5.88 Å². The smallest absolute Gasteiger partial charge is 0.263 e. The van der Waals surface area contributed by atoms with Gasteiger partial charge < -0.3 is 5.73 Å². The van der Waals surface area contributed by atoms with Crippen molar-refractivity contribution >= 4 is 34.1 Å². The number of nitrogens with zero attached hydrogens (tertiary/aromatic N) is 2. The molecular formula is C18H19Cl2N3O. The molecule has 2 N–H and O–H groups in total. The molecule has 2 aromatic rings. The average molecular weight is 364 g/mol. The highest BCUT2D eigenvalue weighted by Gasteiger charge is 2.15. The second-order valence-electron chi connectivity index (χ2n) is 5.38. The molecule has 0 aliphatic rings. The number of nitrogens with two attached hydrogens (primary N) is 1. The first-order valence-corrected chi connectivity index (χ1v) is 8.38. The second-order valence-corrected chi connectivity index (χ2v) is 6.10. The third kappa shape index (κ3) is 4.15. The average Bonchev–Trinajstić information content (AvgIpc) is 2.53. The molecule has 126 valence electrons. The number of hydrogen-bond donors (Lipinski definition) is 1. The number of benzene rings is 1. The van der Waals surface area contributed by atoms with E-state index in [-0.39, 0.29) is 12.1 Å². The zero-order valence-electron chi connectivity index (χ0n) is 13.4. The van der Waals surface area contributed by atoms with E-state index in [0.29, 0.717) is 27.6 Å². The van der Waals surface area contributed by atoms with E-state index in [2.05, 4.69) is 11.6 Å². The lowest BCUT2D eigenvalue weighted by molar-refractivity contribution is 0.620. The van der Waals surface area contributed by atoms with Crippen molar-refractivity contribution in [2.75, 3.05) is 5.88 Å². The minimum Gasteiger partial charge on any atom is -0.322 e. The van der Waals surface area contributed by atoms with Crippen molar-refractivity contribution < 1.29 is 0 Å². The molecule has 0 aliphatic carbocycles. The van der Waals surface area contributed by atoms with Crippen LogP contribution < -0.4 is 11.3 Å². The van der Waals surface area contributed by atoms with Gasteiger partial charge in [-0.2, -0.15) is 0 Å². The van der Waals surface area contributed by atoms with Crippen molar-refractivity contribution in [2.24, 2.45) is 5.73 Å². The molecule has 6 heteroatoms. The van der Waals surface area contributed by atoms with Crippen LogP contribution in [0.15, 0.2) is 59.4 Å². The Balaban J connectivity index is 2.50. The van der Waals surface area contributed by atoms with Crippen molar-refractivity contribution in [2.45, 2.75) is 19.5 Å². The van der Waals surface area contributed by atoms with Gasteiger partial charge in [-0.05, 0) is 24.6 Å². The summed E-state index contributed by atoms with van der Waals surface area (Å²) in [6.45, 7) is 6.05. The van der Waals surface area contributed by atoms with E-state index in [4.69, 9.17) is 28.9 Å². The van der Waals surface area contributed by atoms with Crippen molar-refractivity contribution in [3.63, 3.8) is 0 Å². The molecule has 1 heterocycles. The lowest BCUT2D eigenvalue weighted by Crippen LogP contribution is -2.29. The molecule has 0 aliphatic heterocycles. The summed E-state index contributed by atoms with van der Waals surface area (Å²) in [6, 6.07) is 4.80. The van der Waals surface area contributed by atoms with Crippen LogP contribution in [0, 0.1) is 0 Å². The van der Waals surface area contributed by atoms with Crippen molar-refractivity contribution in [1.29, 1.82) is 0 Å². The standard InChI is InChI=1S/C18H19Cl2N3O/c1-12(7-4-3-5-10-19)11-23-17(13(2)21)22-15-9-6-8-14(20)16(15)18(23)24/h3-9,13H,1,10-11,21H2,2H3/b5-3-,7-4-/t13-/m0/s1. The number of hydrogen-bond acceptors (Lipinski definition) is 3. The van der Waals surface area contributed by atoms with E-state index in [9.17, 15) is 4.79 Å². The number of allylic oxidation sites excluding steroid dienone is 5. The van der Waals surface area contributed by atoms with Crippen molar-refractivity contribution in [3.05, 3.63) is 75.9 Å². The normalized spacial score (nSPS) is 13.2. The molecule has 1 aromatic carbocycles. The molecule has 0 bridgehead atoms. The zero-order chi connectivity index (χ0) is 17.7. The lowest BCUT2D eigenvalue weighted by atomic mass is 10.2. The van der Waals surface area contributed by atoms with Crippen LogP contribution in [0.1, 0.15) is 18.8 Å². The summed E-state index contributed by atoms with van der Waals surface area (Å²) in [4.78, 5) is 17.4. The molecular weight excluding hydrogens is 345 g/mol. The summed E-state index contributed by atoms with van der Waals surface area (Å²) in [5, 5.41) is 0.767.